The van der Waals surface area contributed by atoms with Crippen molar-refractivity contribution >= 4 is 5.65 Å². The monoisotopic (exact) mass is 190 g/mol. The van der Waals surface area contributed by atoms with Crippen LogP contribution in [0.15, 0.2) is 24.8 Å². The summed E-state index contributed by atoms with van der Waals surface area (Å²) in [6, 6.07) is 0. The summed E-state index contributed by atoms with van der Waals surface area (Å²) in [5, 5.41) is 3.25. The van der Waals surface area contributed by atoms with E-state index in [1.165, 1.54) is 0 Å². The lowest BCUT2D eigenvalue weighted by molar-refractivity contribution is 0.428. The van der Waals surface area contributed by atoms with Gasteiger partial charge in [0.1, 0.15) is 0 Å². The summed E-state index contributed by atoms with van der Waals surface area (Å²) in [5.74, 6) is 0. The molecule has 0 spiro atoms. The molecule has 74 valence electrons. The molecule has 0 unspecified atom stereocenters. The number of rotatable bonds is 2. The molecule has 0 atom stereocenters. The van der Waals surface area contributed by atoms with Crippen LogP contribution in [0.2, 0.25) is 0 Å². The second-order valence-electron chi connectivity index (χ2n) is 3.82. The predicted molar refractivity (Wildman–Crippen MR) is 55.1 cm³/mol. The van der Waals surface area contributed by atoms with E-state index in [1.54, 1.807) is 12.4 Å². The molecule has 0 bridgehead atoms. The molecule has 0 aliphatic heterocycles. The van der Waals surface area contributed by atoms with E-state index in [1.807, 2.05) is 23.8 Å². The van der Waals surface area contributed by atoms with Crippen LogP contribution in [0.5, 0.6) is 0 Å². The molecule has 0 amide bonds. The minimum Gasteiger partial charge on any atom is -0.310 e. The van der Waals surface area contributed by atoms with Gasteiger partial charge in [0, 0.05) is 12.4 Å². The van der Waals surface area contributed by atoms with E-state index < -0.39 is 0 Å². The molecule has 0 fully saturated rings. The average molecular weight is 190 g/mol. The van der Waals surface area contributed by atoms with Gasteiger partial charge >= 0.3 is 0 Å². The van der Waals surface area contributed by atoms with Gasteiger partial charge in [-0.2, -0.15) is 0 Å². The summed E-state index contributed by atoms with van der Waals surface area (Å²) < 4.78 is 2.05. The van der Waals surface area contributed by atoms with Crippen molar-refractivity contribution < 1.29 is 0 Å². The van der Waals surface area contributed by atoms with Crippen molar-refractivity contribution in [3.05, 3.63) is 30.5 Å². The van der Waals surface area contributed by atoms with Gasteiger partial charge in [0.25, 0.3) is 0 Å². The number of hydrogen-bond acceptors (Lipinski definition) is 3. The topological polar surface area (TPSA) is 42.2 Å². The van der Waals surface area contributed by atoms with E-state index in [0.29, 0.717) is 0 Å². The fourth-order valence-corrected chi connectivity index (χ4v) is 1.43. The van der Waals surface area contributed by atoms with Gasteiger partial charge in [-0.1, -0.05) is 0 Å². The summed E-state index contributed by atoms with van der Waals surface area (Å²) in [5.41, 5.74) is 1.93. The number of hydrogen-bond donors (Lipinski definition) is 1. The second kappa shape index (κ2) is 3.06. The average Bonchev–Trinajstić information content (AvgIpc) is 2.61. The summed E-state index contributed by atoms with van der Waals surface area (Å²) in [4.78, 5) is 8.32. The molecule has 0 aliphatic rings. The first kappa shape index (κ1) is 9.15. The maximum atomic E-state index is 4.29. The lowest BCUT2D eigenvalue weighted by Gasteiger charge is -2.23. The number of nitrogens with one attached hydrogen (secondary N) is 1. The first-order valence-electron chi connectivity index (χ1n) is 4.61. The molecule has 2 rings (SSSR count). The Kier molecular flexibility index (Phi) is 2.00. The Morgan fingerprint density at radius 3 is 2.86 bits per heavy atom. The second-order valence-corrected chi connectivity index (χ2v) is 3.82. The third-order valence-corrected chi connectivity index (χ3v) is 2.58. The van der Waals surface area contributed by atoms with E-state index in [2.05, 4.69) is 29.1 Å². The maximum Gasteiger partial charge on any atom is 0.155 e. The third kappa shape index (κ3) is 1.28. The van der Waals surface area contributed by atoms with Crippen LogP contribution in [0.25, 0.3) is 5.65 Å². The molecule has 4 nitrogen and oxygen atoms in total. The van der Waals surface area contributed by atoms with E-state index in [-0.39, 0.29) is 5.54 Å². The lowest BCUT2D eigenvalue weighted by atomic mass is 10.0. The zero-order valence-corrected chi connectivity index (χ0v) is 8.65. The van der Waals surface area contributed by atoms with Crippen LogP contribution in [0, 0.1) is 0 Å². The number of fused-ring (bicyclic) bond motifs is 1. The highest BCUT2D eigenvalue weighted by Crippen LogP contribution is 2.19. The van der Waals surface area contributed by atoms with Crippen LogP contribution in [0.3, 0.4) is 0 Å². The molecule has 14 heavy (non-hydrogen) atoms. The van der Waals surface area contributed by atoms with Crippen LogP contribution >= 0.6 is 0 Å². The molecular formula is C10H14N4. The first-order valence-corrected chi connectivity index (χ1v) is 4.61. The van der Waals surface area contributed by atoms with E-state index in [0.717, 1.165) is 11.3 Å². The quantitative estimate of drug-likeness (QED) is 0.773. The molecule has 0 radical (unpaired) electrons. The van der Waals surface area contributed by atoms with Gasteiger partial charge in [0.15, 0.2) is 5.65 Å². The number of imidazole rings is 1. The van der Waals surface area contributed by atoms with Crippen LogP contribution in [-0.2, 0) is 5.54 Å². The molecule has 0 aromatic carbocycles. The molecule has 0 saturated carbocycles. The van der Waals surface area contributed by atoms with Gasteiger partial charge in [-0.05, 0) is 20.9 Å². The third-order valence-electron chi connectivity index (χ3n) is 2.58. The van der Waals surface area contributed by atoms with Crippen LogP contribution in [0.4, 0.5) is 0 Å². The van der Waals surface area contributed by atoms with Crippen LogP contribution in [0.1, 0.15) is 19.5 Å². The van der Waals surface area contributed by atoms with Crippen molar-refractivity contribution in [3.63, 3.8) is 0 Å². The summed E-state index contributed by atoms with van der Waals surface area (Å²) in [6.07, 6.45) is 7.34. The Morgan fingerprint density at radius 1 is 1.36 bits per heavy atom. The zero-order chi connectivity index (χ0) is 10.2. The highest BCUT2D eigenvalue weighted by molar-refractivity contribution is 5.38. The molecule has 4 heteroatoms. The number of nitrogens with zero attached hydrogens (tertiary/aromatic N) is 3. The molecule has 1 N–H and O–H groups in total. The summed E-state index contributed by atoms with van der Waals surface area (Å²) in [6.45, 7) is 4.24. The summed E-state index contributed by atoms with van der Waals surface area (Å²) >= 11 is 0. The minimum atomic E-state index is -0.0826. The van der Waals surface area contributed by atoms with Crippen LogP contribution in [-0.4, -0.2) is 21.4 Å². The Balaban J connectivity index is 2.64. The Morgan fingerprint density at radius 2 is 2.14 bits per heavy atom. The van der Waals surface area contributed by atoms with Crippen molar-refractivity contribution in [2.24, 2.45) is 0 Å². The molecule has 2 heterocycles. The van der Waals surface area contributed by atoms with Crippen molar-refractivity contribution in [1.82, 2.24) is 19.7 Å². The smallest absolute Gasteiger partial charge is 0.155 e. The molecule has 0 aliphatic carbocycles. The van der Waals surface area contributed by atoms with Crippen molar-refractivity contribution in [2.45, 2.75) is 19.4 Å². The SMILES string of the molecule is CNC(C)(C)c1cnc2cnccn12. The Hall–Kier alpha value is -1.42. The van der Waals surface area contributed by atoms with Gasteiger partial charge in [0.2, 0.25) is 0 Å². The molecule has 2 aromatic heterocycles. The van der Waals surface area contributed by atoms with Gasteiger partial charge < -0.3 is 5.32 Å². The van der Waals surface area contributed by atoms with E-state index in [9.17, 15) is 0 Å². The maximum absolute atomic E-state index is 4.29. The van der Waals surface area contributed by atoms with Gasteiger partial charge in [-0.25, -0.2) is 4.98 Å². The fourth-order valence-electron chi connectivity index (χ4n) is 1.43. The summed E-state index contributed by atoms with van der Waals surface area (Å²) in [7, 11) is 1.95. The number of aromatic nitrogens is 3. The minimum absolute atomic E-state index is 0.0826. The van der Waals surface area contributed by atoms with Crippen LogP contribution < -0.4 is 5.32 Å². The Bertz CT molecular complexity index is 444. The van der Waals surface area contributed by atoms with Crippen molar-refractivity contribution in [2.75, 3.05) is 7.05 Å². The van der Waals surface area contributed by atoms with E-state index in [4.69, 9.17) is 0 Å². The van der Waals surface area contributed by atoms with Gasteiger partial charge in [-0.3, -0.25) is 9.38 Å². The highest BCUT2D eigenvalue weighted by atomic mass is 15.1. The first-order chi connectivity index (χ1) is 6.65. The molecule has 2 aromatic rings. The lowest BCUT2D eigenvalue weighted by Crippen LogP contribution is -2.34. The molecule has 0 saturated heterocycles. The Labute approximate surface area is 83.0 Å². The van der Waals surface area contributed by atoms with Gasteiger partial charge in [0.05, 0.1) is 23.6 Å². The van der Waals surface area contributed by atoms with Crippen molar-refractivity contribution in [3.8, 4) is 0 Å². The standard InChI is InChI=1S/C10H14N4/c1-10(2,11-3)8-6-13-9-7-12-4-5-14(8)9/h4-7,11H,1-3H3. The van der Waals surface area contributed by atoms with Gasteiger partial charge in [-0.15, -0.1) is 0 Å². The largest absolute Gasteiger partial charge is 0.310 e. The highest BCUT2D eigenvalue weighted by Gasteiger charge is 2.21. The van der Waals surface area contributed by atoms with E-state index >= 15 is 0 Å². The van der Waals surface area contributed by atoms with Crippen molar-refractivity contribution in [1.29, 1.82) is 0 Å². The predicted octanol–water partition coefficient (Wildman–Crippen LogP) is 1.18. The normalized spacial score (nSPS) is 12.2. The fraction of sp³-hybridized carbons (Fsp3) is 0.400. The molecular weight excluding hydrogens is 176 g/mol. The zero-order valence-electron chi connectivity index (χ0n) is 8.65.